The predicted octanol–water partition coefficient (Wildman–Crippen LogP) is 3.47. The SMILES string of the molecule is CCNC(=NCc1cnn(Cc2ccccc2)c1)NCc1ncc(C(C)(C)C)o1. The summed E-state index contributed by atoms with van der Waals surface area (Å²) < 4.78 is 7.76. The molecule has 0 saturated carbocycles. The number of aliphatic imine (C=N–C) groups is 1. The van der Waals surface area contributed by atoms with E-state index in [2.05, 4.69) is 58.6 Å². The molecule has 0 spiro atoms. The van der Waals surface area contributed by atoms with E-state index < -0.39 is 0 Å². The number of benzene rings is 1. The lowest BCUT2D eigenvalue weighted by Gasteiger charge is -2.13. The van der Waals surface area contributed by atoms with Gasteiger partial charge < -0.3 is 15.1 Å². The van der Waals surface area contributed by atoms with E-state index in [-0.39, 0.29) is 5.41 Å². The molecule has 0 radical (unpaired) electrons. The molecule has 0 aliphatic carbocycles. The molecule has 0 saturated heterocycles. The summed E-state index contributed by atoms with van der Waals surface area (Å²) in [6, 6.07) is 10.3. The number of hydrogen-bond acceptors (Lipinski definition) is 4. The Morgan fingerprint density at radius 1 is 1.10 bits per heavy atom. The highest BCUT2D eigenvalue weighted by molar-refractivity contribution is 5.79. The van der Waals surface area contributed by atoms with E-state index in [1.807, 2.05) is 42.2 Å². The van der Waals surface area contributed by atoms with Gasteiger partial charge in [0.2, 0.25) is 5.89 Å². The summed E-state index contributed by atoms with van der Waals surface area (Å²) in [7, 11) is 0. The minimum Gasteiger partial charge on any atom is -0.443 e. The van der Waals surface area contributed by atoms with Crippen LogP contribution in [0.3, 0.4) is 0 Å². The Morgan fingerprint density at radius 3 is 2.59 bits per heavy atom. The summed E-state index contributed by atoms with van der Waals surface area (Å²) in [5.41, 5.74) is 2.23. The zero-order chi connectivity index (χ0) is 20.7. The van der Waals surface area contributed by atoms with Crippen molar-refractivity contribution in [2.24, 2.45) is 4.99 Å². The molecule has 29 heavy (non-hydrogen) atoms. The van der Waals surface area contributed by atoms with E-state index in [4.69, 9.17) is 4.42 Å². The molecular weight excluding hydrogens is 364 g/mol. The van der Waals surface area contributed by atoms with Gasteiger partial charge in [0, 0.05) is 23.7 Å². The number of nitrogens with zero attached hydrogens (tertiary/aromatic N) is 4. The van der Waals surface area contributed by atoms with Gasteiger partial charge in [-0.05, 0) is 12.5 Å². The molecule has 0 fully saturated rings. The van der Waals surface area contributed by atoms with Gasteiger partial charge >= 0.3 is 0 Å². The van der Waals surface area contributed by atoms with Crippen molar-refractivity contribution in [1.29, 1.82) is 0 Å². The first-order valence-electron chi connectivity index (χ1n) is 9.96. The van der Waals surface area contributed by atoms with Gasteiger partial charge in [-0.2, -0.15) is 5.10 Å². The van der Waals surface area contributed by atoms with Crippen molar-refractivity contribution in [1.82, 2.24) is 25.4 Å². The lowest BCUT2D eigenvalue weighted by atomic mass is 9.94. The molecule has 7 nitrogen and oxygen atoms in total. The maximum absolute atomic E-state index is 5.83. The molecule has 3 rings (SSSR count). The van der Waals surface area contributed by atoms with E-state index in [1.165, 1.54) is 5.56 Å². The van der Waals surface area contributed by atoms with E-state index in [9.17, 15) is 0 Å². The number of rotatable bonds is 7. The zero-order valence-electron chi connectivity index (χ0n) is 17.6. The summed E-state index contributed by atoms with van der Waals surface area (Å²) in [6.45, 7) is 10.9. The molecule has 0 atom stereocenters. The predicted molar refractivity (Wildman–Crippen MR) is 115 cm³/mol. The van der Waals surface area contributed by atoms with E-state index >= 15 is 0 Å². The Kier molecular flexibility index (Phi) is 6.69. The fourth-order valence-electron chi connectivity index (χ4n) is 2.76. The molecule has 0 aliphatic rings. The molecule has 7 heteroatoms. The smallest absolute Gasteiger partial charge is 0.213 e. The first-order valence-corrected chi connectivity index (χ1v) is 9.96. The maximum Gasteiger partial charge on any atom is 0.213 e. The highest BCUT2D eigenvalue weighted by Gasteiger charge is 2.19. The number of hydrogen-bond donors (Lipinski definition) is 2. The zero-order valence-corrected chi connectivity index (χ0v) is 17.6. The van der Waals surface area contributed by atoms with Crippen LogP contribution < -0.4 is 10.6 Å². The minimum absolute atomic E-state index is 0.0518. The summed E-state index contributed by atoms with van der Waals surface area (Å²) in [5.74, 6) is 2.25. The van der Waals surface area contributed by atoms with Crippen LogP contribution in [0.5, 0.6) is 0 Å². The lowest BCUT2D eigenvalue weighted by Crippen LogP contribution is -2.36. The average Bonchev–Trinajstić information content (AvgIpc) is 3.34. The molecule has 2 N–H and O–H groups in total. The van der Waals surface area contributed by atoms with Crippen molar-refractivity contribution in [3.05, 3.63) is 71.7 Å². The Morgan fingerprint density at radius 2 is 1.90 bits per heavy atom. The van der Waals surface area contributed by atoms with Gasteiger partial charge in [0.05, 0.1) is 32.0 Å². The average molecular weight is 395 g/mol. The van der Waals surface area contributed by atoms with Crippen molar-refractivity contribution in [2.75, 3.05) is 6.54 Å². The monoisotopic (exact) mass is 394 g/mol. The van der Waals surface area contributed by atoms with Gasteiger partial charge in [-0.25, -0.2) is 9.98 Å². The van der Waals surface area contributed by atoms with Gasteiger partial charge in [-0.15, -0.1) is 0 Å². The second-order valence-corrected chi connectivity index (χ2v) is 7.95. The number of guanidine groups is 1. The van der Waals surface area contributed by atoms with Crippen molar-refractivity contribution >= 4 is 5.96 Å². The largest absolute Gasteiger partial charge is 0.443 e. The quantitative estimate of drug-likeness (QED) is 0.474. The molecule has 154 valence electrons. The summed E-state index contributed by atoms with van der Waals surface area (Å²) >= 11 is 0. The number of nitrogens with one attached hydrogen (secondary N) is 2. The molecule has 1 aromatic carbocycles. The van der Waals surface area contributed by atoms with Crippen molar-refractivity contribution in [2.45, 2.75) is 52.7 Å². The van der Waals surface area contributed by atoms with Crippen molar-refractivity contribution < 1.29 is 4.42 Å². The molecule has 2 aromatic heterocycles. The van der Waals surface area contributed by atoms with Crippen molar-refractivity contribution in [3.63, 3.8) is 0 Å². The second-order valence-electron chi connectivity index (χ2n) is 7.95. The topological polar surface area (TPSA) is 80.3 Å². The standard InChI is InChI=1S/C22H30N6O/c1-5-23-21(26-14-20-24-13-19(29-20)22(2,3)4)25-11-18-12-27-28(16-18)15-17-9-7-6-8-10-17/h6-10,12-13,16H,5,11,14-15H2,1-4H3,(H2,23,25,26). The van der Waals surface area contributed by atoms with Gasteiger partial charge in [0.25, 0.3) is 0 Å². The van der Waals surface area contributed by atoms with Crippen LogP contribution in [0.4, 0.5) is 0 Å². The summed E-state index contributed by atoms with van der Waals surface area (Å²) in [5, 5.41) is 11.0. The molecule has 0 bridgehead atoms. The third-order valence-corrected chi connectivity index (χ3v) is 4.34. The van der Waals surface area contributed by atoms with Gasteiger partial charge in [-0.3, -0.25) is 4.68 Å². The Labute approximate surface area is 172 Å². The van der Waals surface area contributed by atoms with Crippen LogP contribution in [0.2, 0.25) is 0 Å². The fourth-order valence-corrected chi connectivity index (χ4v) is 2.76. The maximum atomic E-state index is 5.83. The minimum atomic E-state index is -0.0518. The third-order valence-electron chi connectivity index (χ3n) is 4.34. The van der Waals surface area contributed by atoms with Gasteiger partial charge in [-0.1, -0.05) is 51.1 Å². The summed E-state index contributed by atoms with van der Waals surface area (Å²) in [4.78, 5) is 9.00. The van der Waals surface area contributed by atoms with Crippen LogP contribution in [0, 0.1) is 0 Å². The Hall–Kier alpha value is -3.09. The first kappa shape index (κ1) is 20.6. The van der Waals surface area contributed by atoms with E-state index in [1.54, 1.807) is 6.20 Å². The third kappa shape index (κ3) is 6.20. The van der Waals surface area contributed by atoms with Crippen LogP contribution in [0.25, 0.3) is 0 Å². The van der Waals surface area contributed by atoms with E-state index in [0.29, 0.717) is 19.0 Å². The number of oxazole rings is 1. The second kappa shape index (κ2) is 9.41. The van der Waals surface area contributed by atoms with Crippen LogP contribution in [0.15, 0.2) is 58.3 Å². The highest BCUT2D eigenvalue weighted by Crippen LogP contribution is 2.22. The first-order chi connectivity index (χ1) is 13.9. The number of aromatic nitrogens is 3. The lowest BCUT2D eigenvalue weighted by molar-refractivity contribution is 0.379. The van der Waals surface area contributed by atoms with E-state index in [0.717, 1.165) is 30.4 Å². The van der Waals surface area contributed by atoms with Crippen molar-refractivity contribution in [3.8, 4) is 0 Å². The molecule has 0 aliphatic heterocycles. The highest BCUT2D eigenvalue weighted by atomic mass is 16.4. The van der Waals surface area contributed by atoms with Crippen LogP contribution >= 0.6 is 0 Å². The van der Waals surface area contributed by atoms with Crippen LogP contribution in [0.1, 0.15) is 50.5 Å². The molecular formula is C22H30N6O. The molecule has 0 amide bonds. The molecule has 0 unspecified atom stereocenters. The van der Waals surface area contributed by atoms with Gasteiger partial charge in [0.15, 0.2) is 5.96 Å². The normalized spacial score (nSPS) is 12.2. The van der Waals surface area contributed by atoms with Gasteiger partial charge in [0.1, 0.15) is 5.76 Å². The molecule has 3 aromatic rings. The van der Waals surface area contributed by atoms with Crippen LogP contribution in [-0.4, -0.2) is 27.3 Å². The van der Waals surface area contributed by atoms with Crippen LogP contribution in [-0.2, 0) is 25.0 Å². The molecule has 2 heterocycles. The Balaban J connectivity index is 1.57. The summed E-state index contributed by atoms with van der Waals surface area (Å²) in [6.07, 6.45) is 5.69. The fraction of sp³-hybridized carbons (Fsp3) is 0.409. The Bertz CT molecular complexity index is 920.